The normalized spacial score (nSPS) is 29.3. The third kappa shape index (κ3) is 9.56. The lowest BCUT2D eigenvalue weighted by Gasteiger charge is -2.49. The highest BCUT2D eigenvalue weighted by Gasteiger charge is 2.76. The van der Waals surface area contributed by atoms with Crippen LogP contribution in [-0.4, -0.2) is 84.3 Å². The SMILES string of the molecule is C=C[C@@]1([C@@]2(C#C[Si](C)(C)C)OC3(CCCC3)O[C@@H]2C(=O)OC(C)(C)C)O[C@@H](COCc2ccccc2)[C@H](O[Si](C)(C)C(C)(C)C)[C@H]1O[Si](C)(C)C(C)(C)C. The molecule has 0 unspecified atom stereocenters. The molecule has 304 valence electrons. The summed E-state index contributed by atoms with van der Waals surface area (Å²) in [5.41, 5.74) is 0.666. The standard InChI is InChI=1S/C43H72O8Si3/c1-18-42(43(28-29-52(11,12)13)36(37(44)48-38(2,3)4)47-41(51-43)26-22-23-27-41)35(50-54(16,17)40(8,9)10)34(49-53(14,15)39(5,6)7)33(46-42)31-45-30-32-24-20-19-21-25-32/h18-21,24-25,33-36H,1,22-23,26-27,30-31H2,2-17H3/t33-,34-,35+,36+,42+,43-/m0/s1. The van der Waals surface area contributed by atoms with Gasteiger partial charge in [0.25, 0.3) is 0 Å². The number of hydrogen-bond donors (Lipinski definition) is 0. The molecule has 2 aliphatic heterocycles. The van der Waals surface area contributed by atoms with Crippen LogP contribution in [0.25, 0.3) is 0 Å². The van der Waals surface area contributed by atoms with E-state index in [9.17, 15) is 4.79 Å². The molecule has 2 heterocycles. The number of carbonyl (C=O) groups excluding carboxylic acids is 1. The minimum Gasteiger partial charge on any atom is -0.458 e. The van der Waals surface area contributed by atoms with E-state index in [1.807, 2.05) is 51.1 Å². The first-order valence-corrected chi connectivity index (χ1v) is 29.3. The summed E-state index contributed by atoms with van der Waals surface area (Å²) in [4.78, 5) is 14.7. The van der Waals surface area contributed by atoms with Crippen molar-refractivity contribution in [2.24, 2.45) is 0 Å². The molecule has 54 heavy (non-hydrogen) atoms. The molecule has 0 bridgehead atoms. The molecule has 1 aromatic rings. The predicted molar refractivity (Wildman–Crippen MR) is 225 cm³/mol. The zero-order valence-electron chi connectivity index (χ0n) is 36.5. The molecule has 0 amide bonds. The molecule has 6 atom stereocenters. The maximum Gasteiger partial charge on any atom is 0.340 e. The van der Waals surface area contributed by atoms with Gasteiger partial charge in [0.05, 0.1) is 13.2 Å². The van der Waals surface area contributed by atoms with Crippen LogP contribution in [0.5, 0.6) is 0 Å². The Labute approximate surface area is 331 Å². The van der Waals surface area contributed by atoms with Crippen LogP contribution < -0.4 is 0 Å². The van der Waals surface area contributed by atoms with Crippen LogP contribution in [0.2, 0.25) is 55.9 Å². The Bertz CT molecular complexity index is 1530. The third-order valence-electron chi connectivity index (χ3n) is 11.8. The van der Waals surface area contributed by atoms with Gasteiger partial charge in [-0.25, -0.2) is 4.79 Å². The third-order valence-corrected chi connectivity index (χ3v) is 21.6. The average Bonchev–Trinajstić information content (AvgIpc) is 3.70. The summed E-state index contributed by atoms with van der Waals surface area (Å²) in [6, 6.07) is 10.1. The highest BCUT2D eigenvalue weighted by atomic mass is 28.4. The van der Waals surface area contributed by atoms with Gasteiger partial charge in [-0.2, -0.15) is 0 Å². The zero-order chi connectivity index (χ0) is 40.8. The van der Waals surface area contributed by atoms with Crippen LogP contribution in [-0.2, 0) is 43.9 Å². The van der Waals surface area contributed by atoms with Crippen molar-refractivity contribution in [2.45, 2.75) is 198 Å². The van der Waals surface area contributed by atoms with E-state index in [4.69, 9.17) is 32.5 Å². The quantitative estimate of drug-likeness (QED) is 0.0948. The van der Waals surface area contributed by atoms with Crippen molar-refractivity contribution in [1.82, 2.24) is 0 Å². The van der Waals surface area contributed by atoms with E-state index in [-0.39, 0.29) is 16.7 Å². The van der Waals surface area contributed by atoms with E-state index in [0.717, 1.165) is 18.4 Å². The van der Waals surface area contributed by atoms with Gasteiger partial charge >= 0.3 is 5.97 Å². The fraction of sp³-hybridized carbons (Fsp3) is 0.744. The minimum atomic E-state index is -2.61. The predicted octanol–water partition coefficient (Wildman–Crippen LogP) is 9.95. The van der Waals surface area contributed by atoms with E-state index < -0.39 is 77.7 Å². The van der Waals surface area contributed by atoms with E-state index in [1.165, 1.54) is 0 Å². The Morgan fingerprint density at radius 3 is 1.93 bits per heavy atom. The van der Waals surface area contributed by atoms with E-state index in [1.54, 1.807) is 6.08 Å². The van der Waals surface area contributed by atoms with Crippen molar-refractivity contribution < 1.29 is 37.3 Å². The molecule has 8 nitrogen and oxygen atoms in total. The molecular formula is C43H72O8Si3. The number of rotatable bonds is 11. The number of esters is 1. The fourth-order valence-electron chi connectivity index (χ4n) is 6.86. The van der Waals surface area contributed by atoms with E-state index in [2.05, 4.69) is 105 Å². The molecule has 3 fully saturated rings. The van der Waals surface area contributed by atoms with Gasteiger partial charge in [-0.1, -0.05) is 110 Å². The molecular weight excluding hydrogens is 729 g/mol. The number of benzene rings is 1. The lowest BCUT2D eigenvalue weighted by molar-refractivity contribution is -0.217. The van der Waals surface area contributed by atoms with Crippen molar-refractivity contribution in [1.29, 1.82) is 0 Å². The molecule has 0 N–H and O–H groups in total. The first kappa shape index (κ1) is 45.1. The highest BCUT2D eigenvalue weighted by molar-refractivity contribution is 6.83. The topological polar surface area (TPSA) is 81.7 Å². The highest BCUT2D eigenvalue weighted by Crippen LogP contribution is 2.58. The minimum absolute atomic E-state index is 0.126. The second-order valence-electron chi connectivity index (χ2n) is 20.8. The van der Waals surface area contributed by atoms with Crippen LogP contribution in [0.1, 0.15) is 93.6 Å². The largest absolute Gasteiger partial charge is 0.458 e. The Balaban J connectivity index is 2.05. The summed E-state index contributed by atoms with van der Waals surface area (Å²) in [5, 5.41) is -0.302. The van der Waals surface area contributed by atoms with Gasteiger partial charge in [-0.15, -0.1) is 5.54 Å². The number of hydrogen-bond acceptors (Lipinski definition) is 8. The number of carbonyl (C=O) groups is 1. The Morgan fingerprint density at radius 2 is 1.43 bits per heavy atom. The maximum absolute atomic E-state index is 14.7. The summed E-state index contributed by atoms with van der Waals surface area (Å²) >= 11 is 0. The maximum atomic E-state index is 14.7. The fourth-order valence-corrected chi connectivity index (χ4v) is 10.0. The van der Waals surface area contributed by atoms with Gasteiger partial charge in [-0.3, -0.25) is 0 Å². The van der Waals surface area contributed by atoms with Crippen LogP contribution >= 0.6 is 0 Å². The van der Waals surface area contributed by atoms with Gasteiger partial charge in [-0.05, 0) is 75.4 Å². The molecule has 0 aromatic heterocycles. The van der Waals surface area contributed by atoms with Crippen molar-refractivity contribution >= 4 is 30.7 Å². The van der Waals surface area contributed by atoms with Gasteiger partial charge in [0.1, 0.15) is 32.0 Å². The van der Waals surface area contributed by atoms with Crippen LogP contribution in [0.15, 0.2) is 43.0 Å². The van der Waals surface area contributed by atoms with Gasteiger partial charge < -0.3 is 32.5 Å². The Kier molecular flexibility index (Phi) is 13.1. The van der Waals surface area contributed by atoms with Crippen molar-refractivity contribution in [2.75, 3.05) is 6.61 Å². The van der Waals surface area contributed by atoms with Gasteiger partial charge in [0, 0.05) is 12.8 Å². The molecule has 1 aliphatic carbocycles. The van der Waals surface area contributed by atoms with E-state index in [0.29, 0.717) is 19.4 Å². The molecule has 0 radical (unpaired) electrons. The van der Waals surface area contributed by atoms with Crippen LogP contribution in [0.3, 0.4) is 0 Å². The second kappa shape index (κ2) is 15.6. The van der Waals surface area contributed by atoms with Crippen molar-refractivity contribution in [3.8, 4) is 11.5 Å². The molecule has 3 aliphatic rings. The lowest BCUT2D eigenvalue weighted by Crippen LogP contribution is -2.68. The first-order chi connectivity index (χ1) is 24.5. The molecule has 1 saturated carbocycles. The smallest absolute Gasteiger partial charge is 0.340 e. The van der Waals surface area contributed by atoms with Crippen LogP contribution in [0, 0.1) is 11.5 Å². The summed E-state index contributed by atoms with van der Waals surface area (Å²) in [7, 11) is -7.21. The van der Waals surface area contributed by atoms with Gasteiger partial charge in [0.2, 0.25) is 11.7 Å². The molecule has 1 spiro atoms. The van der Waals surface area contributed by atoms with Gasteiger partial charge in [0.15, 0.2) is 28.0 Å². The summed E-state index contributed by atoms with van der Waals surface area (Å²) in [5.74, 6) is 2.03. The zero-order valence-corrected chi connectivity index (χ0v) is 39.5. The monoisotopic (exact) mass is 800 g/mol. The van der Waals surface area contributed by atoms with Crippen LogP contribution in [0.4, 0.5) is 0 Å². The Morgan fingerprint density at radius 1 is 0.870 bits per heavy atom. The Hall–Kier alpha value is -1.60. The summed E-state index contributed by atoms with van der Waals surface area (Å²) in [6.07, 6.45) is 1.56. The molecule has 1 aromatic carbocycles. The summed E-state index contributed by atoms with van der Waals surface area (Å²) < 4.78 is 49.6. The van der Waals surface area contributed by atoms with E-state index >= 15 is 0 Å². The average molecular weight is 801 g/mol. The lowest BCUT2D eigenvalue weighted by atomic mass is 9.74. The molecule has 4 rings (SSSR count). The molecule has 11 heteroatoms. The van der Waals surface area contributed by atoms with Crippen molar-refractivity contribution in [3.63, 3.8) is 0 Å². The summed E-state index contributed by atoms with van der Waals surface area (Å²) in [6.45, 7) is 39.6. The van der Waals surface area contributed by atoms with Crippen molar-refractivity contribution in [3.05, 3.63) is 48.6 Å². The second-order valence-corrected chi connectivity index (χ2v) is 35.0. The number of ether oxygens (including phenoxy) is 5. The first-order valence-electron chi connectivity index (χ1n) is 20.0. The molecule has 2 saturated heterocycles.